The Morgan fingerprint density at radius 3 is 1.70 bits per heavy atom. The predicted molar refractivity (Wildman–Crippen MR) is 276 cm³/mol. The number of rotatable bonds is 4. The summed E-state index contributed by atoms with van der Waals surface area (Å²) in [6, 6.07) is 79.0. The minimum absolute atomic E-state index is 1.10. The number of hydrogen-bond acceptors (Lipinski definition) is 2. The third-order valence-corrected chi connectivity index (χ3v) is 15.0. The van der Waals surface area contributed by atoms with Crippen molar-refractivity contribution in [3.63, 3.8) is 0 Å². The molecule has 15 rings (SSSR count). The van der Waals surface area contributed by atoms with E-state index in [-0.39, 0.29) is 0 Å². The Morgan fingerprint density at radius 1 is 0.328 bits per heavy atom. The molecule has 0 fully saturated rings. The van der Waals surface area contributed by atoms with Gasteiger partial charge in [-0.2, -0.15) is 0 Å². The molecule has 0 saturated carbocycles. The number of aromatic nitrogens is 2. The Hall–Kier alpha value is -8.18. The van der Waals surface area contributed by atoms with Crippen molar-refractivity contribution >= 4 is 141 Å². The van der Waals surface area contributed by atoms with E-state index < -0.39 is 0 Å². The van der Waals surface area contributed by atoms with Gasteiger partial charge < -0.3 is 13.9 Å². The Balaban J connectivity index is 1.14. The zero-order valence-electron chi connectivity index (χ0n) is 34.5. The van der Waals surface area contributed by atoms with Crippen molar-refractivity contribution in [2.45, 2.75) is 0 Å². The van der Waals surface area contributed by atoms with Crippen molar-refractivity contribution in [3.05, 3.63) is 212 Å². The highest BCUT2D eigenvalue weighted by Gasteiger charge is 2.27. The maximum atomic E-state index is 2.59. The van der Waals surface area contributed by atoms with Gasteiger partial charge in [0.2, 0.25) is 0 Å². The largest absolute Gasteiger partial charge is 0.310 e. The Labute approximate surface area is 370 Å². The molecule has 0 saturated heterocycles. The van der Waals surface area contributed by atoms with Gasteiger partial charge in [0.25, 0.3) is 0 Å². The maximum absolute atomic E-state index is 2.59. The minimum Gasteiger partial charge on any atom is -0.310 e. The number of nitrogens with zero attached hydrogens (tertiary/aromatic N) is 3. The lowest BCUT2D eigenvalue weighted by Crippen LogP contribution is -2.10. The van der Waals surface area contributed by atoms with Crippen molar-refractivity contribution in [3.8, 4) is 5.69 Å². The summed E-state index contributed by atoms with van der Waals surface area (Å²) in [6.07, 6.45) is 0. The average Bonchev–Trinajstić information content (AvgIpc) is 4.10. The van der Waals surface area contributed by atoms with E-state index >= 15 is 0 Å². The molecular formula is C60H35N3S. The summed E-state index contributed by atoms with van der Waals surface area (Å²) in [7, 11) is 0. The minimum atomic E-state index is 1.10. The van der Waals surface area contributed by atoms with Crippen LogP contribution >= 0.6 is 11.3 Å². The molecular weight excluding hydrogens is 795 g/mol. The Morgan fingerprint density at radius 2 is 0.906 bits per heavy atom. The lowest BCUT2D eigenvalue weighted by molar-refractivity contribution is 1.17. The van der Waals surface area contributed by atoms with E-state index in [1.807, 2.05) is 11.3 Å². The Kier molecular flexibility index (Phi) is 6.83. The monoisotopic (exact) mass is 829 g/mol. The van der Waals surface area contributed by atoms with Crippen LogP contribution in [0.5, 0.6) is 0 Å². The fourth-order valence-electron chi connectivity index (χ4n) is 11.3. The molecule has 0 aliphatic rings. The third kappa shape index (κ3) is 4.54. The molecule has 296 valence electrons. The highest BCUT2D eigenvalue weighted by molar-refractivity contribution is 7.26. The molecule has 0 aliphatic heterocycles. The molecule has 0 aliphatic carbocycles. The lowest BCUT2D eigenvalue weighted by atomic mass is 9.94. The third-order valence-electron chi connectivity index (χ3n) is 13.9. The molecule has 0 spiro atoms. The van der Waals surface area contributed by atoms with Gasteiger partial charge in [0.05, 0.1) is 33.3 Å². The van der Waals surface area contributed by atoms with Crippen molar-refractivity contribution in [2.75, 3.05) is 4.90 Å². The van der Waals surface area contributed by atoms with Gasteiger partial charge in [-0.15, -0.1) is 11.3 Å². The molecule has 0 amide bonds. The summed E-state index contributed by atoms with van der Waals surface area (Å²) in [6.45, 7) is 0. The van der Waals surface area contributed by atoms with Crippen LogP contribution in [0, 0.1) is 0 Å². The zero-order chi connectivity index (χ0) is 41.6. The van der Waals surface area contributed by atoms with Crippen molar-refractivity contribution in [2.24, 2.45) is 0 Å². The SMILES string of the molecule is c1ccc(N(c2cccc(-n3c4cc5ccccc5cc4c4c5cc6ccccc6cc5c5c6cccc7c8ccccc8n(c76)c5c43)c2)c2cccc3sc4ccccc4c23)cc1. The van der Waals surface area contributed by atoms with E-state index in [2.05, 4.69) is 226 Å². The van der Waals surface area contributed by atoms with Gasteiger partial charge in [0.15, 0.2) is 0 Å². The molecule has 0 radical (unpaired) electrons. The van der Waals surface area contributed by atoms with Gasteiger partial charge in [-0.05, 0) is 111 Å². The highest BCUT2D eigenvalue weighted by Crippen LogP contribution is 2.51. The first kappa shape index (κ1) is 34.4. The molecule has 0 unspecified atom stereocenters. The second-order valence-electron chi connectivity index (χ2n) is 17.2. The highest BCUT2D eigenvalue weighted by atomic mass is 32.1. The molecule has 0 N–H and O–H groups in total. The van der Waals surface area contributed by atoms with Crippen molar-refractivity contribution < 1.29 is 0 Å². The molecule has 0 atom stereocenters. The van der Waals surface area contributed by atoms with E-state index in [4.69, 9.17) is 0 Å². The molecule has 11 aromatic carbocycles. The van der Waals surface area contributed by atoms with Crippen LogP contribution in [0.15, 0.2) is 212 Å². The van der Waals surface area contributed by atoms with Crippen LogP contribution in [0.2, 0.25) is 0 Å². The number of fused-ring (bicyclic) bond motifs is 18. The molecule has 3 nitrogen and oxygen atoms in total. The van der Waals surface area contributed by atoms with Crippen LogP contribution < -0.4 is 4.90 Å². The molecule has 15 aromatic rings. The number of benzene rings is 11. The predicted octanol–water partition coefficient (Wildman–Crippen LogP) is 17.2. The number of thiophene rings is 1. The van der Waals surface area contributed by atoms with E-state index in [0.29, 0.717) is 0 Å². The lowest BCUT2D eigenvalue weighted by Gasteiger charge is -2.27. The number of anilines is 3. The van der Waals surface area contributed by atoms with E-state index in [1.54, 1.807) is 0 Å². The first-order valence-electron chi connectivity index (χ1n) is 22.0. The van der Waals surface area contributed by atoms with Gasteiger partial charge in [0.1, 0.15) is 0 Å². The van der Waals surface area contributed by atoms with Crippen LogP contribution in [-0.2, 0) is 0 Å². The summed E-state index contributed by atoms with van der Waals surface area (Å²) in [5.41, 5.74) is 10.7. The molecule has 4 heteroatoms. The first-order valence-corrected chi connectivity index (χ1v) is 22.8. The standard InChI is InChI=1S/C60H35N3S/c1-2-19-40(20-3-1)61(51-28-14-30-54-57(51)45-24-9-11-29-53(45)64-54)41-21-12-22-42(35-41)62-52-34-39-18-7-6-17-38(39)33-49(52)56-48-32-37-16-5-4-15-36(37)31-47(48)55-46-26-13-25-44-43-23-8-10-27-50(43)63(58(44)46)60(55)59(56)62/h1-35H. The van der Waals surface area contributed by atoms with E-state index in [9.17, 15) is 0 Å². The fourth-order valence-corrected chi connectivity index (χ4v) is 12.4. The summed E-state index contributed by atoms with van der Waals surface area (Å²) >= 11 is 1.86. The van der Waals surface area contributed by atoms with Gasteiger partial charge in [-0.25, -0.2) is 0 Å². The Bertz CT molecular complexity index is 4440. The number of para-hydroxylation sites is 3. The summed E-state index contributed by atoms with van der Waals surface area (Å²) in [5, 5.41) is 17.8. The van der Waals surface area contributed by atoms with Crippen LogP contribution in [0.3, 0.4) is 0 Å². The van der Waals surface area contributed by atoms with Gasteiger partial charge in [0, 0.05) is 69.6 Å². The van der Waals surface area contributed by atoms with E-state index in [1.165, 1.54) is 118 Å². The second kappa shape index (κ2) is 12.7. The normalized spacial score (nSPS) is 12.4. The number of hydrogen-bond donors (Lipinski definition) is 0. The fraction of sp³-hybridized carbons (Fsp3) is 0. The zero-order valence-corrected chi connectivity index (χ0v) is 35.3. The smallest absolute Gasteiger partial charge is 0.0795 e. The van der Waals surface area contributed by atoms with Crippen LogP contribution in [0.25, 0.3) is 118 Å². The second-order valence-corrected chi connectivity index (χ2v) is 18.3. The topological polar surface area (TPSA) is 12.6 Å². The maximum Gasteiger partial charge on any atom is 0.0795 e. The quantitative estimate of drug-likeness (QED) is 0.161. The van der Waals surface area contributed by atoms with E-state index in [0.717, 1.165) is 17.1 Å². The average molecular weight is 830 g/mol. The van der Waals surface area contributed by atoms with Gasteiger partial charge in [-0.1, -0.05) is 133 Å². The summed E-state index contributed by atoms with van der Waals surface area (Å²) < 4.78 is 7.75. The summed E-state index contributed by atoms with van der Waals surface area (Å²) in [5.74, 6) is 0. The molecule has 4 heterocycles. The summed E-state index contributed by atoms with van der Waals surface area (Å²) in [4.78, 5) is 2.46. The molecule has 64 heavy (non-hydrogen) atoms. The van der Waals surface area contributed by atoms with Crippen molar-refractivity contribution in [1.29, 1.82) is 0 Å². The van der Waals surface area contributed by atoms with Gasteiger partial charge in [-0.3, -0.25) is 0 Å². The van der Waals surface area contributed by atoms with Gasteiger partial charge >= 0.3 is 0 Å². The van der Waals surface area contributed by atoms with Crippen LogP contribution in [0.1, 0.15) is 0 Å². The van der Waals surface area contributed by atoms with Crippen LogP contribution in [0.4, 0.5) is 17.1 Å². The molecule has 0 bridgehead atoms. The van der Waals surface area contributed by atoms with Crippen molar-refractivity contribution in [1.82, 2.24) is 8.97 Å². The first-order chi connectivity index (χ1) is 31.8. The van der Waals surface area contributed by atoms with Crippen LogP contribution in [-0.4, -0.2) is 8.97 Å². The molecule has 4 aromatic heterocycles.